The van der Waals surface area contributed by atoms with Crippen molar-refractivity contribution >= 4 is 11.6 Å². The van der Waals surface area contributed by atoms with Gasteiger partial charge >= 0.3 is 0 Å². The molecule has 0 bridgehead atoms. The molecule has 2 aliphatic heterocycles. The minimum absolute atomic E-state index is 0.136. The first-order chi connectivity index (χ1) is 9.74. The molecule has 1 aromatic rings. The molecule has 3 rings (SSSR count). The molecule has 20 heavy (non-hydrogen) atoms. The molecule has 0 aliphatic carbocycles. The molecule has 108 valence electrons. The van der Waals surface area contributed by atoms with E-state index in [-0.39, 0.29) is 5.91 Å². The standard InChI is InChI=1S/C16H23N3O/c1-12(19-9-2-7-17-8-10-19)13-3-5-15-14(11-13)4-6-16(20)18-15/h3,5,11-12,17H,2,4,6-10H2,1H3,(H,18,20). The van der Waals surface area contributed by atoms with Crippen LogP contribution < -0.4 is 10.6 Å². The molecule has 1 amide bonds. The van der Waals surface area contributed by atoms with Crippen LogP contribution in [-0.2, 0) is 11.2 Å². The van der Waals surface area contributed by atoms with Gasteiger partial charge < -0.3 is 10.6 Å². The third kappa shape index (κ3) is 2.86. The van der Waals surface area contributed by atoms with Crippen LogP contribution in [0.5, 0.6) is 0 Å². The van der Waals surface area contributed by atoms with Gasteiger partial charge in [-0.05, 0) is 50.0 Å². The van der Waals surface area contributed by atoms with Gasteiger partial charge in [-0.15, -0.1) is 0 Å². The fraction of sp³-hybridized carbons (Fsp3) is 0.562. The lowest BCUT2D eigenvalue weighted by Crippen LogP contribution is -2.31. The molecule has 0 radical (unpaired) electrons. The highest BCUT2D eigenvalue weighted by atomic mass is 16.1. The van der Waals surface area contributed by atoms with E-state index in [9.17, 15) is 4.79 Å². The molecule has 0 aromatic heterocycles. The Morgan fingerprint density at radius 1 is 1.20 bits per heavy atom. The summed E-state index contributed by atoms with van der Waals surface area (Å²) in [7, 11) is 0. The molecule has 1 atom stereocenters. The summed E-state index contributed by atoms with van der Waals surface area (Å²) in [5, 5.41) is 6.40. The topological polar surface area (TPSA) is 44.4 Å². The molecule has 1 saturated heterocycles. The number of anilines is 1. The number of carbonyl (C=O) groups excluding carboxylic acids is 1. The van der Waals surface area contributed by atoms with Crippen LogP contribution in [0, 0.1) is 0 Å². The van der Waals surface area contributed by atoms with Gasteiger partial charge in [0.15, 0.2) is 0 Å². The first-order valence-electron chi connectivity index (χ1n) is 7.61. The monoisotopic (exact) mass is 273 g/mol. The fourth-order valence-corrected chi connectivity index (χ4v) is 3.13. The van der Waals surface area contributed by atoms with Crippen molar-refractivity contribution < 1.29 is 4.79 Å². The smallest absolute Gasteiger partial charge is 0.224 e. The predicted molar refractivity (Wildman–Crippen MR) is 80.9 cm³/mol. The van der Waals surface area contributed by atoms with E-state index in [1.807, 2.05) is 0 Å². The highest BCUT2D eigenvalue weighted by Gasteiger charge is 2.20. The summed E-state index contributed by atoms with van der Waals surface area (Å²) in [4.78, 5) is 13.9. The summed E-state index contributed by atoms with van der Waals surface area (Å²) in [6.45, 7) is 6.75. The van der Waals surface area contributed by atoms with E-state index >= 15 is 0 Å². The Kier molecular flexibility index (Phi) is 4.03. The maximum Gasteiger partial charge on any atom is 0.224 e. The number of nitrogens with zero attached hydrogens (tertiary/aromatic N) is 1. The molecule has 0 saturated carbocycles. The minimum Gasteiger partial charge on any atom is -0.326 e. The van der Waals surface area contributed by atoms with Crippen LogP contribution in [0.15, 0.2) is 18.2 Å². The highest BCUT2D eigenvalue weighted by Crippen LogP contribution is 2.28. The molecule has 4 heteroatoms. The zero-order valence-corrected chi connectivity index (χ0v) is 12.1. The number of amides is 1. The van der Waals surface area contributed by atoms with Crippen molar-refractivity contribution in [3.05, 3.63) is 29.3 Å². The van der Waals surface area contributed by atoms with E-state index in [1.54, 1.807) is 0 Å². The Morgan fingerprint density at radius 2 is 2.10 bits per heavy atom. The van der Waals surface area contributed by atoms with E-state index in [0.29, 0.717) is 12.5 Å². The third-order valence-electron chi connectivity index (χ3n) is 4.43. The van der Waals surface area contributed by atoms with Gasteiger partial charge in [-0.25, -0.2) is 0 Å². The van der Waals surface area contributed by atoms with Crippen LogP contribution in [0.25, 0.3) is 0 Å². The van der Waals surface area contributed by atoms with Crippen molar-refractivity contribution in [1.29, 1.82) is 0 Å². The zero-order valence-electron chi connectivity index (χ0n) is 12.1. The molecular weight excluding hydrogens is 250 g/mol. The zero-order chi connectivity index (χ0) is 13.9. The van der Waals surface area contributed by atoms with Gasteiger partial charge in [-0.2, -0.15) is 0 Å². The minimum atomic E-state index is 0.136. The molecule has 2 N–H and O–H groups in total. The molecular formula is C16H23N3O. The Bertz CT molecular complexity index is 492. The van der Waals surface area contributed by atoms with Crippen LogP contribution in [0.1, 0.15) is 36.9 Å². The molecule has 2 aliphatic rings. The average Bonchev–Trinajstić information content (AvgIpc) is 2.75. The number of carbonyl (C=O) groups is 1. The number of rotatable bonds is 2. The summed E-state index contributed by atoms with van der Waals surface area (Å²) in [6.07, 6.45) is 2.69. The maximum absolute atomic E-state index is 11.4. The van der Waals surface area contributed by atoms with Gasteiger partial charge in [-0.3, -0.25) is 9.69 Å². The van der Waals surface area contributed by atoms with E-state index in [0.717, 1.165) is 38.3 Å². The van der Waals surface area contributed by atoms with Crippen molar-refractivity contribution in [2.24, 2.45) is 0 Å². The maximum atomic E-state index is 11.4. The highest BCUT2D eigenvalue weighted by molar-refractivity contribution is 5.93. The van der Waals surface area contributed by atoms with Crippen LogP contribution in [-0.4, -0.2) is 37.0 Å². The predicted octanol–water partition coefficient (Wildman–Crippen LogP) is 1.93. The number of hydrogen-bond acceptors (Lipinski definition) is 3. The van der Waals surface area contributed by atoms with Gasteiger partial charge in [0, 0.05) is 31.2 Å². The second-order valence-electron chi connectivity index (χ2n) is 5.78. The Hall–Kier alpha value is -1.39. The van der Waals surface area contributed by atoms with Crippen LogP contribution in [0.2, 0.25) is 0 Å². The first-order valence-corrected chi connectivity index (χ1v) is 7.61. The lowest BCUT2D eigenvalue weighted by atomic mass is 9.97. The van der Waals surface area contributed by atoms with Gasteiger partial charge in [0.2, 0.25) is 5.91 Å². The van der Waals surface area contributed by atoms with Gasteiger partial charge in [0.25, 0.3) is 0 Å². The second-order valence-corrected chi connectivity index (χ2v) is 5.78. The number of benzene rings is 1. The van der Waals surface area contributed by atoms with E-state index < -0.39 is 0 Å². The Balaban J connectivity index is 1.77. The van der Waals surface area contributed by atoms with Crippen LogP contribution in [0.4, 0.5) is 5.69 Å². The summed E-state index contributed by atoms with van der Waals surface area (Å²) >= 11 is 0. The fourth-order valence-electron chi connectivity index (χ4n) is 3.13. The third-order valence-corrected chi connectivity index (χ3v) is 4.43. The van der Waals surface area contributed by atoms with Crippen molar-refractivity contribution in [1.82, 2.24) is 10.2 Å². The molecule has 2 heterocycles. The molecule has 1 unspecified atom stereocenters. The summed E-state index contributed by atoms with van der Waals surface area (Å²) < 4.78 is 0. The van der Waals surface area contributed by atoms with Crippen LogP contribution in [0.3, 0.4) is 0 Å². The first kappa shape index (κ1) is 13.6. The summed E-state index contributed by atoms with van der Waals surface area (Å²) in [6, 6.07) is 6.94. The lowest BCUT2D eigenvalue weighted by molar-refractivity contribution is -0.116. The van der Waals surface area contributed by atoms with E-state index in [4.69, 9.17) is 0 Å². The molecule has 0 spiro atoms. The molecule has 1 fully saturated rings. The number of fused-ring (bicyclic) bond motifs is 1. The van der Waals surface area contributed by atoms with Gasteiger partial charge in [0.1, 0.15) is 0 Å². The SMILES string of the molecule is CC(c1ccc2c(c1)CCC(=O)N2)N1CCCNCC1. The largest absolute Gasteiger partial charge is 0.326 e. The van der Waals surface area contributed by atoms with Crippen LogP contribution >= 0.6 is 0 Å². The second kappa shape index (κ2) is 5.94. The van der Waals surface area contributed by atoms with Gasteiger partial charge in [0.05, 0.1) is 0 Å². The Morgan fingerprint density at radius 3 is 3.00 bits per heavy atom. The van der Waals surface area contributed by atoms with Gasteiger partial charge in [-0.1, -0.05) is 12.1 Å². The Labute approximate surface area is 120 Å². The average molecular weight is 273 g/mol. The lowest BCUT2D eigenvalue weighted by Gasteiger charge is -2.29. The van der Waals surface area contributed by atoms with E-state index in [2.05, 4.69) is 40.7 Å². The van der Waals surface area contributed by atoms with Crippen molar-refractivity contribution in [2.75, 3.05) is 31.5 Å². The number of aryl methyl sites for hydroxylation is 1. The molecule has 1 aromatic carbocycles. The van der Waals surface area contributed by atoms with Crippen molar-refractivity contribution in [3.63, 3.8) is 0 Å². The normalized spacial score (nSPS) is 21.8. The number of hydrogen-bond donors (Lipinski definition) is 2. The van der Waals surface area contributed by atoms with E-state index in [1.165, 1.54) is 17.5 Å². The summed E-state index contributed by atoms with van der Waals surface area (Å²) in [5.41, 5.74) is 3.64. The van der Waals surface area contributed by atoms with Crippen molar-refractivity contribution in [2.45, 2.75) is 32.2 Å². The van der Waals surface area contributed by atoms with Crippen molar-refractivity contribution in [3.8, 4) is 0 Å². The molecule has 4 nitrogen and oxygen atoms in total. The quantitative estimate of drug-likeness (QED) is 0.865. The summed E-state index contributed by atoms with van der Waals surface area (Å²) in [5.74, 6) is 0.136. The number of nitrogens with one attached hydrogen (secondary N) is 2.